The molecule has 0 saturated carbocycles. The van der Waals surface area contributed by atoms with Gasteiger partial charge in [-0.3, -0.25) is 4.79 Å². The molecule has 0 aromatic heterocycles. The summed E-state index contributed by atoms with van der Waals surface area (Å²) < 4.78 is 5.67. The first kappa shape index (κ1) is 16.8. The number of aryl methyl sites for hydroxylation is 2. The lowest BCUT2D eigenvalue weighted by Crippen LogP contribution is -2.53. The van der Waals surface area contributed by atoms with Gasteiger partial charge in [0.15, 0.2) is 6.61 Å². The second-order valence-electron chi connectivity index (χ2n) is 5.20. The van der Waals surface area contributed by atoms with E-state index < -0.39 is 0 Å². The topological polar surface area (TPSA) is 41.6 Å². The van der Waals surface area contributed by atoms with Crippen LogP contribution in [-0.4, -0.2) is 43.1 Å². The van der Waals surface area contributed by atoms with Crippen LogP contribution in [0.2, 0.25) is 0 Å². The van der Waals surface area contributed by atoms with Crippen molar-refractivity contribution in [3.05, 3.63) is 29.3 Å². The van der Waals surface area contributed by atoms with Gasteiger partial charge < -0.3 is 15.0 Å². The van der Waals surface area contributed by atoms with E-state index in [1.807, 2.05) is 36.9 Å². The SMILES string of the molecule is Cc1ccc(C)c(OCC(=O)N2CCNC[C@@H]2C)c1.Cl. The molecule has 1 aliphatic rings. The molecule has 1 heterocycles. The zero-order chi connectivity index (χ0) is 13.8. The van der Waals surface area contributed by atoms with Crippen LogP contribution in [0, 0.1) is 13.8 Å². The lowest BCUT2D eigenvalue weighted by atomic mass is 10.1. The molecule has 1 aliphatic heterocycles. The highest BCUT2D eigenvalue weighted by Gasteiger charge is 2.23. The smallest absolute Gasteiger partial charge is 0.260 e. The normalized spacial score (nSPS) is 18.4. The average molecular weight is 299 g/mol. The van der Waals surface area contributed by atoms with Gasteiger partial charge in [0.1, 0.15) is 5.75 Å². The first-order chi connectivity index (χ1) is 9.08. The Morgan fingerprint density at radius 2 is 2.20 bits per heavy atom. The number of hydrogen-bond acceptors (Lipinski definition) is 3. The minimum absolute atomic E-state index is 0. The Kier molecular flexibility index (Phi) is 6.30. The highest BCUT2D eigenvalue weighted by atomic mass is 35.5. The number of carbonyl (C=O) groups excluding carboxylic acids is 1. The average Bonchev–Trinajstić information content (AvgIpc) is 2.40. The highest BCUT2D eigenvalue weighted by Crippen LogP contribution is 2.19. The van der Waals surface area contributed by atoms with Crippen molar-refractivity contribution in [3.8, 4) is 5.75 Å². The summed E-state index contributed by atoms with van der Waals surface area (Å²) in [5, 5.41) is 3.28. The van der Waals surface area contributed by atoms with Crippen LogP contribution < -0.4 is 10.1 Å². The first-order valence-electron chi connectivity index (χ1n) is 6.78. The molecule has 1 atom stereocenters. The molecule has 4 nitrogen and oxygen atoms in total. The zero-order valence-electron chi connectivity index (χ0n) is 12.3. The van der Waals surface area contributed by atoms with Crippen LogP contribution in [0.4, 0.5) is 0 Å². The fraction of sp³-hybridized carbons (Fsp3) is 0.533. The van der Waals surface area contributed by atoms with Crippen LogP contribution >= 0.6 is 12.4 Å². The van der Waals surface area contributed by atoms with Crippen LogP contribution in [0.25, 0.3) is 0 Å². The molecule has 2 rings (SSSR count). The number of carbonyl (C=O) groups is 1. The first-order valence-corrected chi connectivity index (χ1v) is 6.78. The Morgan fingerprint density at radius 1 is 1.45 bits per heavy atom. The van der Waals surface area contributed by atoms with Gasteiger partial charge in [0.05, 0.1) is 0 Å². The summed E-state index contributed by atoms with van der Waals surface area (Å²) in [7, 11) is 0. The molecule has 1 aromatic carbocycles. The lowest BCUT2D eigenvalue weighted by Gasteiger charge is -2.33. The number of rotatable bonds is 3. The lowest BCUT2D eigenvalue weighted by molar-refractivity contribution is -0.136. The Labute approximate surface area is 126 Å². The van der Waals surface area contributed by atoms with Gasteiger partial charge in [-0.2, -0.15) is 0 Å². The van der Waals surface area contributed by atoms with Crippen LogP contribution in [-0.2, 0) is 4.79 Å². The molecule has 20 heavy (non-hydrogen) atoms. The molecule has 1 aromatic rings. The quantitative estimate of drug-likeness (QED) is 0.927. The fourth-order valence-corrected chi connectivity index (χ4v) is 2.30. The molecule has 112 valence electrons. The molecule has 0 unspecified atom stereocenters. The Hall–Kier alpha value is -1.26. The predicted molar refractivity (Wildman–Crippen MR) is 82.7 cm³/mol. The third kappa shape index (κ3) is 4.12. The molecule has 0 bridgehead atoms. The maximum Gasteiger partial charge on any atom is 0.260 e. The van der Waals surface area contributed by atoms with Gasteiger partial charge in [0.2, 0.25) is 0 Å². The molecule has 5 heteroatoms. The van der Waals surface area contributed by atoms with Crippen LogP contribution in [0.5, 0.6) is 5.75 Å². The summed E-state index contributed by atoms with van der Waals surface area (Å²) in [6, 6.07) is 6.28. The van der Waals surface area contributed by atoms with Gasteiger partial charge in [-0.05, 0) is 38.0 Å². The standard InChI is InChI=1S/C15H22N2O2.ClH/c1-11-4-5-12(2)14(8-11)19-10-15(18)17-7-6-16-9-13(17)3;/h4-5,8,13,16H,6-7,9-10H2,1-3H3;1H/t13-;/m0./s1. The number of benzene rings is 1. The molecule has 0 radical (unpaired) electrons. The Morgan fingerprint density at radius 3 is 2.90 bits per heavy atom. The molecular formula is C15H23ClN2O2. The molecule has 1 fully saturated rings. The van der Waals surface area contributed by atoms with E-state index >= 15 is 0 Å². The number of nitrogens with zero attached hydrogens (tertiary/aromatic N) is 1. The number of amides is 1. The maximum atomic E-state index is 12.2. The Bertz CT molecular complexity index is 465. The van der Waals surface area contributed by atoms with E-state index in [-0.39, 0.29) is 31.0 Å². The van der Waals surface area contributed by atoms with E-state index in [0.717, 1.165) is 36.5 Å². The summed E-state index contributed by atoms with van der Waals surface area (Å²) in [5.41, 5.74) is 2.20. The summed E-state index contributed by atoms with van der Waals surface area (Å²) in [6.07, 6.45) is 0. The van der Waals surface area contributed by atoms with Gasteiger partial charge in [-0.15, -0.1) is 12.4 Å². The predicted octanol–water partition coefficient (Wildman–Crippen LogP) is 1.92. The monoisotopic (exact) mass is 298 g/mol. The van der Waals surface area contributed by atoms with Crippen molar-refractivity contribution in [1.82, 2.24) is 10.2 Å². The van der Waals surface area contributed by atoms with Crippen molar-refractivity contribution in [2.75, 3.05) is 26.2 Å². The van der Waals surface area contributed by atoms with Gasteiger partial charge in [-0.25, -0.2) is 0 Å². The van der Waals surface area contributed by atoms with Crippen molar-refractivity contribution in [3.63, 3.8) is 0 Å². The second kappa shape index (κ2) is 7.50. The number of hydrogen-bond donors (Lipinski definition) is 1. The van der Waals surface area contributed by atoms with Crippen molar-refractivity contribution in [1.29, 1.82) is 0 Å². The maximum absolute atomic E-state index is 12.2. The minimum Gasteiger partial charge on any atom is -0.483 e. The van der Waals surface area contributed by atoms with E-state index in [2.05, 4.69) is 12.2 Å². The van der Waals surface area contributed by atoms with E-state index in [1.165, 1.54) is 0 Å². The summed E-state index contributed by atoms with van der Waals surface area (Å²) in [4.78, 5) is 14.0. The third-order valence-corrected chi connectivity index (χ3v) is 3.52. The van der Waals surface area contributed by atoms with Crippen LogP contribution in [0.3, 0.4) is 0 Å². The van der Waals surface area contributed by atoms with Crippen LogP contribution in [0.1, 0.15) is 18.1 Å². The van der Waals surface area contributed by atoms with Crippen molar-refractivity contribution in [2.45, 2.75) is 26.8 Å². The second-order valence-corrected chi connectivity index (χ2v) is 5.20. The number of ether oxygens (including phenoxy) is 1. The molecule has 1 amide bonds. The van der Waals surface area contributed by atoms with Gasteiger partial charge in [0.25, 0.3) is 5.91 Å². The number of piperazine rings is 1. The Balaban J connectivity index is 0.00000200. The van der Waals surface area contributed by atoms with Crippen molar-refractivity contribution in [2.24, 2.45) is 0 Å². The molecule has 1 N–H and O–H groups in total. The largest absolute Gasteiger partial charge is 0.483 e. The van der Waals surface area contributed by atoms with Crippen LogP contribution in [0.15, 0.2) is 18.2 Å². The van der Waals surface area contributed by atoms with Gasteiger partial charge in [0, 0.05) is 25.7 Å². The summed E-state index contributed by atoms with van der Waals surface area (Å²) >= 11 is 0. The van der Waals surface area contributed by atoms with E-state index in [4.69, 9.17) is 4.74 Å². The molecule has 0 aliphatic carbocycles. The minimum atomic E-state index is 0. The van der Waals surface area contributed by atoms with Crippen molar-refractivity contribution >= 4 is 18.3 Å². The van der Waals surface area contributed by atoms with Crippen molar-refractivity contribution < 1.29 is 9.53 Å². The fourth-order valence-electron chi connectivity index (χ4n) is 2.30. The van der Waals surface area contributed by atoms with E-state index in [0.29, 0.717) is 0 Å². The third-order valence-electron chi connectivity index (χ3n) is 3.52. The summed E-state index contributed by atoms with van der Waals surface area (Å²) in [5.74, 6) is 0.867. The van der Waals surface area contributed by atoms with Gasteiger partial charge >= 0.3 is 0 Å². The summed E-state index contributed by atoms with van der Waals surface area (Å²) in [6.45, 7) is 8.67. The highest BCUT2D eigenvalue weighted by molar-refractivity contribution is 5.85. The molecule has 1 saturated heterocycles. The zero-order valence-corrected chi connectivity index (χ0v) is 13.1. The van der Waals surface area contributed by atoms with Gasteiger partial charge in [-0.1, -0.05) is 12.1 Å². The molecule has 0 spiro atoms. The number of nitrogens with one attached hydrogen (secondary N) is 1. The van der Waals surface area contributed by atoms with E-state index in [9.17, 15) is 4.79 Å². The molecular weight excluding hydrogens is 276 g/mol. The number of halogens is 1. The van der Waals surface area contributed by atoms with E-state index in [1.54, 1.807) is 0 Å².